The van der Waals surface area contributed by atoms with Crippen LogP contribution in [0.4, 0.5) is 23.7 Å². The molecule has 1 heterocycles. The van der Waals surface area contributed by atoms with Crippen LogP contribution in [-0.2, 0) is 6.18 Å². The van der Waals surface area contributed by atoms with Gasteiger partial charge < -0.3 is 20.7 Å². The first-order valence-electron chi connectivity index (χ1n) is 9.97. The van der Waals surface area contributed by atoms with Crippen molar-refractivity contribution in [2.45, 2.75) is 19.1 Å². The number of benzene rings is 2. The van der Waals surface area contributed by atoms with Crippen molar-refractivity contribution in [1.82, 2.24) is 15.6 Å². The van der Waals surface area contributed by atoms with E-state index in [-0.39, 0.29) is 17.3 Å². The molecule has 7 nitrogen and oxygen atoms in total. The first kappa shape index (κ1) is 24.8. The van der Waals surface area contributed by atoms with Crippen molar-refractivity contribution in [3.8, 4) is 11.5 Å². The molecule has 3 N–H and O–H groups in total. The summed E-state index contributed by atoms with van der Waals surface area (Å²) in [6, 6.07) is 11.9. The van der Waals surface area contributed by atoms with Gasteiger partial charge in [-0.25, -0.2) is 4.79 Å². The quantitative estimate of drug-likeness (QED) is 0.406. The van der Waals surface area contributed by atoms with E-state index in [1.807, 2.05) is 0 Å². The second-order valence-electron chi connectivity index (χ2n) is 7.14. The van der Waals surface area contributed by atoms with Gasteiger partial charge in [-0.15, -0.1) is 0 Å². The van der Waals surface area contributed by atoms with Crippen LogP contribution in [-0.4, -0.2) is 24.0 Å². The Morgan fingerprint density at radius 3 is 2.38 bits per heavy atom. The van der Waals surface area contributed by atoms with Crippen molar-refractivity contribution in [3.63, 3.8) is 0 Å². The number of hydrogen-bond acceptors (Lipinski definition) is 4. The van der Waals surface area contributed by atoms with E-state index < -0.39 is 28.8 Å². The Bertz CT molecular complexity index is 1190. The van der Waals surface area contributed by atoms with Crippen molar-refractivity contribution in [3.05, 3.63) is 82.6 Å². The van der Waals surface area contributed by atoms with Crippen molar-refractivity contribution in [2.75, 3.05) is 12.4 Å². The molecule has 1 unspecified atom stereocenters. The fraction of sp³-hybridized carbons (Fsp3) is 0.174. The summed E-state index contributed by atoms with van der Waals surface area (Å²) in [6.45, 7) is 1.72. The Morgan fingerprint density at radius 1 is 1.03 bits per heavy atom. The van der Waals surface area contributed by atoms with Crippen molar-refractivity contribution in [1.29, 1.82) is 0 Å². The molecule has 11 heteroatoms. The number of carbonyl (C=O) groups is 2. The van der Waals surface area contributed by atoms with E-state index >= 15 is 0 Å². The minimum atomic E-state index is -4.64. The van der Waals surface area contributed by atoms with Gasteiger partial charge in [0.25, 0.3) is 5.91 Å². The molecule has 34 heavy (non-hydrogen) atoms. The Morgan fingerprint density at radius 2 is 1.74 bits per heavy atom. The van der Waals surface area contributed by atoms with Gasteiger partial charge in [0.05, 0.1) is 16.6 Å². The lowest BCUT2D eigenvalue weighted by atomic mass is 10.1. The van der Waals surface area contributed by atoms with Crippen LogP contribution in [0, 0.1) is 0 Å². The van der Waals surface area contributed by atoms with Crippen LogP contribution in [0.1, 0.15) is 34.6 Å². The van der Waals surface area contributed by atoms with Crippen molar-refractivity contribution < 1.29 is 27.5 Å². The molecule has 1 aromatic heterocycles. The van der Waals surface area contributed by atoms with Crippen molar-refractivity contribution >= 4 is 29.2 Å². The molecule has 3 aromatic rings. The first-order chi connectivity index (χ1) is 16.1. The Labute approximate surface area is 198 Å². The molecular weight excluding hydrogens is 473 g/mol. The third-order valence-electron chi connectivity index (χ3n) is 4.68. The molecule has 2 aromatic carbocycles. The topological polar surface area (TPSA) is 92.4 Å². The smallest absolute Gasteiger partial charge is 0.417 e. The van der Waals surface area contributed by atoms with Gasteiger partial charge in [0, 0.05) is 25.0 Å². The normalized spacial score (nSPS) is 11.9. The second kappa shape index (κ2) is 10.4. The zero-order valence-electron chi connectivity index (χ0n) is 18.0. The number of alkyl halides is 3. The number of amides is 3. The maximum atomic E-state index is 13.0. The van der Waals surface area contributed by atoms with Gasteiger partial charge in [-0.2, -0.15) is 13.2 Å². The van der Waals surface area contributed by atoms with Crippen LogP contribution in [0.15, 0.2) is 60.8 Å². The molecule has 0 radical (unpaired) electrons. The van der Waals surface area contributed by atoms with E-state index in [0.29, 0.717) is 11.5 Å². The highest BCUT2D eigenvalue weighted by Gasteiger charge is 2.33. The lowest BCUT2D eigenvalue weighted by molar-refractivity contribution is -0.137. The molecule has 0 fully saturated rings. The van der Waals surface area contributed by atoms with Crippen LogP contribution in [0.3, 0.4) is 0 Å². The Hall–Kier alpha value is -3.79. The SMILES string of the molecule is CNC(=O)c1cc(Oc2ccc(C(C)NC(=O)Nc3ccc(Cl)c(C(F)(F)F)c3)cc2)ccn1. The summed E-state index contributed by atoms with van der Waals surface area (Å²) in [5, 5.41) is 7.06. The fourth-order valence-electron chi connectivity index (χ4n) is 2.95. The summed E-state index contributed by atoms with van der Waals surface area (Å²) < 4.78 is 44.7. The van der Waals surface area contributed by atoms with Crippen LogP contribution < -0.4 is 20.7 Å². The van der Waals surface area contributed by atoms with Crippen molar-refractivity contribution in [2.24, 2.45) is 0 Å². The van der Waals surface area contributed by atoms with E-state index in [4.69, 9.17) is 16.3 Å². The number of anilines is 1. The largest absolute Gasteiger partial charge is 0.457 e. The maximum Gasteiger partial charge on any atom is 0.417 e. The Balaban J connectivity index is 1.61. The summed E-state index contributed by atoms with van der Waals surface area (Å²) in [6.07, 6.45) is -3.18. The van der Waals surface area contributed by atoms with Gasteiger partial charge in [0.2, 0.25) is 0 Å². The molecular formula is C23H20ClF3N4O3. The van der Waals surface area contributed by atoms with Gasteiger partial charge in [-0.3, -0.25) is 9.78 Å². The lowest BCUT2D eigenvalue weighted by Gasteiger charge is -2.17. The van der Waals surface area contributed by atoms with E-state index in [9.17, 15) is 22.8 Å². The minimum absolute atomic E-state index is 0.0429. The number of pyridine rings is 1. The third-order valence-corrected chi connectivity index (χ3v) is 5.01. The number of rotatable bonds is 6. The summed E-state index contributed by atoms with van der Waals surface area (Å²) in [5.41, 5.74) is -0.134. The van der Waals surface area contributed by atoms with Gasteiger partial charge in [0.15, 0.2) is 0 Å². The predicted octanol–water partition coefficient (Wildman–Crippen LogP) is 5.79. The monoisotopic (exact) mass is 492 g/mol. The number of nitrogens with one attached hydrogen (secondary N) is 3. The standard InChI is InChI=1S/C23H20ClF3N4O3/c1-13(30-22(33)31-15-5-8-19(24)18(11-15)23(25,26)27)14-3-6-16(7-4-14)34-17-9-10-29-20(12-17)21(32)28-2/h3-13H,1-2H3,(H,28,32)(H2,30,31,33). The molecule has 0 saturated carbocycles. The molecule has 0 bridgehead atoms. The number of urea groups is 1. The fourth-order valence-corrected chi connectivity index (χ4v) is 3.18. The van der Waals surface area contributed by atoms with Crippen LogP contribution in [0.25, 0.3) is 0 Å². The molecule has 0 aliphatic heterocycles. The zero-order valence-corrected chi connectivity index (χ0v) is 18.8. The molecule has 0 aliphatic rings. The van der Waals surface area contributed by atoms with E-state index in [2.05, 4.69) is 20.9 Å². The summed E-state index contributed by atoms with van der Waals surface area (Å²) in [5.74, 6) is 0.579. The molecule has 0 saturated heterocycles. The molecule has 0 spiro atoms. The molecule has 0 aliphatic carbocycles. The average molecular weight is 493 g/mol. The molecule has 1 atom stereocenters. The van der Waals surface area contributed by atoms with Gasteiger partial charge in [-0.05, 0) is 48.9 Å². The van der Waals surface area contributed by atoms with Crippen LogP contribution in [0.5, 0.6) is 11.5 Å². The average Bonchev–Trinajstić information content (AvgIpc) is 2.79. The minimum Gasteiger partial charge on any atom is -0.457 e. The van der Waals surface area contributed by atoms with E-state index in [0.717, 1.165) is 17.7 Å². The first-order valence-corrected chi connectivity index (χ1v) is 10.3. The summed E-state index contributed by atoms with van der Waals surface area (Å²) in [4.78, 5) is 27.9. The summed E-state index contributed by atoms with van der Waals surface area (Å²) >= 11 is 5.59. The van der Waals surface area contributed by atoms with E-state index in [1.165, 1.54) is 25.4 Å². The number of hydrogen-bond donors (Lipinski definition) is 3. The second-order valence-corrected chi connectivity index (χ2v) is 7.55. The zero-order chi connectivity index (χ0) is 24.9. The number of halogens is 4. The van der Waals surface area contributed by atoms with E-state index in [1.54, 1.807) is 37.3 Å². The van der Waals surface area contributed by atoms with Gasteiger partial charge >= 0.3 is 12.2 Å². The number of nitrogens with zero attached hydrogens (tertiary/aromatic N) is 1. The van der Waals surface area contributed by atoms with Gasteiger partial charge in [-0.1, -0.05) is 23.7 Å². The van der Waals surface area contributed by atoms with Crippen LogP contribution in [0.2, 0.25) is 5.02 Å². The lowest BCUT2D eigenvalue weighted by Crippen LogP contribution is -2.31. The Kier molecular flexibility index (Phi) is 7.62. The van der Waals surface area contributed by atoms with Crippen LogP contribution >= 0.6 is 11.6 Å². The predicted molar refractivity (Wildman–Crippen MR) is 121 cm³/mol. The highest BCUT2D eigenvalue weighted by molar-refractivity contribution is 6.31. The molecule has 3 amide bonds. The molecule has 178 valence electrons. The number of aromatic nitrogens is 1. The summed E-state index contributed by atoms with van der Waals surface area (Å²) in [7, 11) is 1.50. The van der Waals surface area contributed by atoms with Gasteiger partial charge in [0.1, 0.15) is 17.2 Å². The third kappa shape index (κ3) is 6.38. The number of ether oxygens (including phenoxy) is 1. The number of carbonyl (C=O) groups excluding carboxylic acids is 2. The highest BCUT2D eigenvalue weighted by Crippen LogP contribution is 2.36. The highest BCUT2D eigenvalue weighted by atomic mass is 35.5. The maximum absolute atomic E-state index is 13.0. The molecule has 3 rings (SSSR count).